The smallest absolute Gasteiger partial charge is 0.0837 e. The molecule has 1 unspecified atom stereocenters. The van der Waals surface area contributed by atoms with Gasteiger partial charge in [-0.25, -0.2) is 0 Å². The van der Waals surface area contributed by atoms with E-state index in [1.165, 1.54) is 0 Å². The fourth-order valence-corrected chi connectivity index (χ4v) is 3.28. The van der Waals surface area contributed by atoms with E-state index in [9.17, 15) is 0 Å². The first-order chi connectivity index (χ1) is 9.58. The minimum atomic E-state index is -0.0134. The SMILES string of the molecule is CCNC(c1cc(Cl)ccc1I)c1c(Cl)cnn1CC. The molecule has 1 atom stereocenters. The van der Waals surface area contributed by atoms with Crippen LogP contribution in [0.25, 0.3) is 0 Å². The predicted molar refractivity (Wildman–Crippen MR) is 92.6 cm³/mol. The van der Waals surface area contributed by atoms with Gasteiger partial charge in [-0.1, -0.05) is 30.1 Å². The summed E-state index contributed by atoms with van der Waals surface area (Å²) in [6.07, 6.45) is 1.70. The first kappa shape index (κ1) is 16.1. The number of aromatic nitrogens is 2. The fourth-order valence-electron chi connectivity index (χ4n) is 2.20. The van der Waals surface area contributed by atoms with E-state index in [-0.39, 0.29) is 6.04 Å². The minimum Gasteiger partial charge on any atom is -0.305 e. The molecule has 108 valence electrons. The Morgan fingerprint density at radius 3 is 2.75 bits per heavy atom. The predicted octanol–water partition coefficient (Wildman–Crippen LogP) is 4.51. The van der Waals surface area contributed by atoms with Gasteiger partial charge in [0.1, 0.15) is 0 Å². The molecule has 0 amide bonds. The molecule has 0 spiro atoms. The van der Waals surface area contributed by atoms with E-state index in [0.29, 0.717) is 5.02 Å². The molecule has 6 heteroatoms. The number of rotatable bonds is 5. The molecule has 2 aromatic rings. The van der Waals surface area contributed by atoms with Crippen LogP contribution in [0.2, 0.25) is 10.0 Å². The van der Waals surface area contributed by atoms with Crippen molar-refractivity contribution in [2.45, 2.75) is 26.4 Å². The topological polar surface area (TPSA) is 29.9 Å². The lowest BCUT2D eigenvalue weighted by molar-refractivity contribution is 0.541. The summed E-state index contributed by atoms with van der Waals surface area (Å²) >= 11 is 14.8. The Balaban J connectivity index is 2.56. The Kier molecular flexibility index (Phi) is 5.72. The van der Waals surface area contributed by atoms with Crippen molar-refractivity contribution in [2.75, 3.05) is 6.54 Å². The van der Waals surface area contributed by atoms with Gasteiger partial charge in [-0.05, 0) is 59.8 Å². The summed E-state index contributed by atoms with van der Waals surface area (Å²) in [4.78, 5) is 0. The summed E-state index contributed by atoms with van der Waals surface area (Å²) in [7, 11) is 0. The van der Waals surface area contributed by atoms with Crippen LogP contribution in [0, 0.1) is 3.57 Å². The van der Waals surface area contributed by atoms with Gasteiger partial charge in [-0.3, -0.25) is 4.68 Å². The van der Waals surface area contributed by atoms with Gasteiger partial charge in [0.05, 0.1) is 23.0 Å². The Labute approximate surface area is 142 Å². The molecule has 0 aliphatic rings. The molecule has 0 aliphatic carbocycles. The molecule has 1 N–H and O–H groups in total. The van der Waals surface area contributed by atoms with Crippen LogP contribution >= 0.6 is 45.8 Å². The molecule has 0 fully saturated rings. The molecule has 0 bridgehead atoms. The molecule has 1 aromatic heterocycles. The number of nitrogens with zero attached hydrogens (tertiary/aromatic N) is 2. The number of aryl methyl sites for hydroxylation is 1. The highest BCUT2D eigenvalue weighted by Gasteiger charge is 2.23. The Morgan fingerprint density at radius 2 is 2.10 bits per heavy atom. The molecule has 0 saturated heterocycles. The van der Waals surface area contributed by atoms with Crippen molar-refractivity contribution in [1.82, 2.24) is 15.1 Å². The van der Waals surface area contributed by atoms with Crippen molar-refractivity contribution in [1.29, 1.82) is 0 Å². The van der Waals surface area contributed by atoms with Crippen LogP contribution in [-0.2, 0) is 6.54 Å². The number of hydrogen-bond acceptors (Lipinski definition) is 2. The van der Waals surface area contributed by atoms with Crippen molar-refractivity contribution in [3.8, 4) is 0 Å². The van der Waals surface area contributed by atoms with Gasteiger partial charge in [0, 0.05) is 15.1 Å². The second-order valence-corrected chi connectivity index (χ2v) is 6.36. The zero-order valence-corrected chi connectivity index (χ0v) is 15.0. The Hall–Kier alpha value is -0.300. The average molecular weight is 424 g/mol. The van der Waals surface area contributed by atoms with Gasteiger partial charge in [-0.2, -0.15) is 5.10 Å². The second kappa shape index (κ2) is 7.11. The third kappa shape index (κ3) is 3.30. The number of hydrogen-bond donors (Lipinski definition) is 1. The molecular formula is C14H16Cl2IN3. The van der Waals surface area contributed by atoms with Crippen molar-refractivity contribution in [3.63, 3.8) is 0 Å². The van der Waals surface area contributed by atoms with E-state index < -0.39 is 0 Å². The molecule has 0 radical (unpaired) electrons. The van der Waals surface area contributed by atoms with E-state index in [2.05, 4.69) is 46.9 Å². The number of halogens is 3. The summed E-state index contributed by atoms with van der Waals surface area (Å²) in [6.45, 7) is 5.74. The Morgan fingerprint density at radius 1 is 1.35 bits per heavy atom. The largest absolute Gasteiger partial charge is 0.305 e. The van der Waals surface area contributed by atoms with Crippen molar-refractivity contribution >= 4 is 45.8 Å². The van der Waals surface area contributed by atoms with Crippen molar-refractivity contribution in [3.05, 3.63) is 49.3 Å². The molecule has 2 rings (SSSR count). The first-order valence-corrected chi connectivity index (χ1v) is 8.31. The standard InChI is InChI=1S/C14H16Cl2IN3/c1-3-18-13(10-7-9(15)5-6-12(10)17)14-11(16)8-19-20(14)4-2/h5-8,13,18H,3-4H2,1-2H3. The van der Waals surface area contributed by atoms with Crippen LogP contribution in [0.4, 0.5) is 0 Å². The van der Waals surface area contributed by atoms with Gasteiger partial charge in [0.15, 0.2) is 0 Å². The lowest BCUT2D eigenvalue weighted by Crippen LogP contribution is -2.26. The number of benzene rings is 1. The summed E-state index contributed by atoms with van der Waals surface area (Å²) in [6, 6.07) is 5.89. The fraction of sp³-hybridized carbons (Fsp3) is 0.357. The maximum atomic E-state index is 6.34. The molecule has 20 heavy (non-hydrogen) atoms. The van der Waals surface area contributed by atoms with E-state index in [1.807, 2.05) is 22.9 Å². The summed E-state index contributed by atoms with van der Waals surface area (Å²) in [5, 5.41) is 9.20. The lowest BCUT2D eigenvalue weighted by atomic mass is 10.0. The highest BCUT2D eigenvalue weighted by atomic mass is 127. The van der Waals surface area contributed by atoms with Gasteiger partial charge in [0.2, 0.25) is 0 Å². The monoisotopic (exact) mass is 423 g/mol. The maximum absolute atomic E-state index is 6.34. The zero-order valence-electron chi connectivity index (χ0n) is 11.3. The molecule has 0 saturated carbocycles. The molecule has 3 nitrogen and oxygen atoms in total. The molecule has 1 aromatic carbocycles. The zero-order chi connectivity index (χ0) is 14.7. The first-order valence-electron chi connectivity index (χ1n) is 6.48. The van der Waals surface area contributed by atoms with Gasteiger partial charge in [-0.15, -0.1) is 0 Å². The average Bonchev–Trinajstić information content (AvgIpc) is 2.80. The minimum absolute atomic E-state index is 0.0134. The van der Waals surface area contributed by atoms with Gasteiger partial charge < -0.3 is 5.32 Å². The molecule has 1 heterocycles. The van der Waals surface area contributed by atoms with Crippen LogP contribution in [0.3, 0.4) is 0 Å². The lowest BCUT2D eigenvalue weighted by Gasteiger charge is -2.21. The van der Waals surface area contributed by atoms with Crippen LogP contribution in [0.5, 0.6) is 0 Å². The second-order valence-electron chi connectivity index (χ2n) is 4.35. The van der Waals surface area contributed by atoms with Crippen LogP contribution in [-0.4, -0.2) is 16.3 Å². The van der Waals surface area contributed by atoms with E-state index in [1.54, 1.807) is 6.20 Å². The normalized spacial score (nSPS) is 12.7. The summed E-state index contributed by atoms with van der Waals surface area (Å²) in [5.74, 6) is 0. The van der Waals surface area contributed by atoms with E-state index in [4.69, 9.17) is 23.2 Å². The van der Waals surface area contributed by atoms with Crippen LogP contribution in [0.15, 0.2) is 24.4 Å². The van der Waals surface area contributed by atoms with Gasteiger partial charge in [0.25, 0.3) is 0 Å². The molecular weight excluding hydrogens is 408 g/mol. The van der Waals surface area contributed by atoms with Gasteiger partial charge >= 0.3 is 0 Å². The number of nitrogens with one attached hydrogen (secondary N) is 1. The van der Waals surface area contributed by atoms with E-state index >= 15 is 0 Å². The van der Waals surface area contributed by atoms with Crippen molar-refractivity contribution < 1.29 is 0 Å². The molecule has 0 aliphatic heterocycles. The van der Waals surface area contributed by atoms with Crippen LogP contribution in [0.1, 0.15) is 31.1 Å². The Bertz CT molecular complexity index is 598. The highest BCUT2D eigenvalue weighted by Crippen LogP contribution is 2.32. The van der Waals surface area contributed by atoms with Crippen LogP contribution < -0.4 is 5.32 Å². The summed E-state index contributed by atoms with van der Waals surface area (Å²) < 4.78 is 3.07. The third-order valence-corrected chi connectivity index (χ3v) is 4.59. The maximum Gasteiger partial charge on any atom is 0.0837 e. The quantitative estimate of drug-likeness (QED) is 0.716. The van der Waals surface area contributed by atoms with E-state index in [0.717, 1.165) is 32.9 Å². The highest BCUT2D eigenvalue weighted by molar-refractivity contribution is 14.1. The van der Waals surface area contributed by atoms with Crippen molar-refractivity contribution in [2.24, 2.45) is 0 Å². The summed E-state index contributed by atoms with van der Waals surface area (Å²) in [5.41, 5.74) is 2.10. The third-order valence-electron chi connectivity index (χ3n) is 3.08.